The molecule has 0 atom stereocenters. The summed E-state index contributed by atoms with van der Waals surface area (Å²) < 4.78 is 1.70. The summed E-state index contributed by atoms with van der Waals surface area (Å²) in [6.07, 6.45) is 12.7. The fourth-order valence-electron chi connectivity index (χ4n) is 3.68. The van der Waals surface area contributed by atoms with Crippen molar-refractivity contribution in [2.24, 2.45) is 11.5 Å². The van der Waals surface area contributed by atoms with E-state index in [-0.39, 0.29) is 0 Å². The molecular formula is C23H33N7. The maximum absolute atomic E-state index is 6.22. The molecule has 0 radical (unpaired) electrons. The number of rotatable bonds is 5. The van der Waals surface area contributed by atoms with Crippen molar-refractivity contribution < 1.29 is 0 Å². The van der Waals surface area contributed by atoms with Gasteiger partial charge < -0.3 is 21.3 Å². The van der Waals surface area contributed by atoms with Gasteiger partial charge in [0.2, 0.25) is 0 Å². The summed E-state index contributed by atoms with van der Waals surface area (Å²) in [5, 5.41) is 4.65. The van der Waals surface area contributed by atoms with E-state index in [0.717, 1.165) is 48.0 Å². The van der Waals surface area contributed by atoms with Crippen LogP contribution >= 0.6 is 0 Å². The lowest BCUT2D eigenvalue weighted by atomic mass is 10.2. The third-order valence-electron chi connectivity index (χ3n) is 5.40. The molecule has 2 aromatic rings. The number of nitrogens with two attached hydrogens (primary N) is 2. The lowest BCUT2D eigenvalue weighted by Gasteiger charge is -2.20. The van der Waals surface area contributed by atoms with Crippen molar-refractivity contribution >= 4 is 17.2 Å². The number of allylic oxidation sites excluding steroid dienone is 2. The first-order valence-corrected chi connectivity index (χ1v) is 10.7. The van der Waals surface area contributed by atoms with Crippen molar-refractivity contribution in [2.45, 2.75) is 46.6 Å². The first kappa shape index (κ1) is 21.5. The van der Waals surface area contributed by atoms with Gasteiger partial charge in [-0.2, -0.15) is 5.10 Å². The van der Waals surface area contributed by atoms with Gasteiger partial charge in [0.05, 0.1) is 29.9 Å². The van der Waals surface area contributed by atoms with Crippen LogP contribution in [0.25, 0.3) is 11.5 Å². The van der Waals surface area contributed by atoms with E-state index >= 15 is 0 Å². The number of anilines is 1. The zero-order chi connectivity index (χ0) is 21.7. The molecule has 2 aliphatic heterocycles. The molecule has 2 aliphatic rings. The van der Waals surface area contributed by atoms with E-state index in [1.807, 2.05) is 44.6 Å². The molecule has 0 bridgehead atoms. The monoisotopic (exact) mass is 407 g/mol. The summed E-state index contributed by atoms with van der Waals surface area (Å²) in [4.78, 5) is 8.65. The Morgan fingerprint density at radius 3 is 2.50 bits per heavy atom. The van der Waals surface area contributed by atoms with Crippen LogP contribution in [0.2, 0.25) is 0 Å². The second-order valence-electron chi connectivity index (χ2n) is 7.25. The Morgan fingerprint density at radius 1 is 1.13 bits per heavy atom. The van der Waals surface area contributed by atoms with Crippen LogP contribution in [0.5, 0.6) is 0 Å². The Hall–Kier alpha value is -3.22. The molecule has 0 unspecified atom stereocenters. The van der Waals surface area contributed by atoms with Gasteiger partial charge in [0.1, 0.15) is 5.82 Å². The van der Waals surface area contributed by atoms with Crippen LogP contribution in [0.4, 0.5) is 5.69 Å². The van der Waals surface area contributed by atoms with Crippen LogP contribution in [0.15, 0.2) is 49.2 Å². The number of likely N-dealkylation sites (tertiary alicyclic amines) is 1. The fourth-order valence-corrected chi connectivity index (χ4v) is 3.68. The van der Waals surface area contributed by atoms with Gasteiger partial charge in [-0.05, 0) is 43.0 Å². The lowest BCUT2D eigenvalue weighted by Crippen LogP contribution is -2.24. The predicted octanol–water partition coefficient (Wildman–Crippen LogP) is 3.51. The quantitative estimate of drug-likeness (QED) is 0.737. The summed E-state index contributed by atoms with van der Waals surface area (Å²) in [7, 11) is 0. The van der Waals surface area contributed by atoms with Crippen molar-refractivity contribution in [1.29, 1.82) is 0 Å². The molecule has 2 aromatic heterocycles. The van der Waals surface area contributed by atoms with Crippen molar-refractivity contribution in [3.63, 3.8) is 0 Å². The van der Waals surface area contributed by atoms with Crippen LogP contribution in [-0.2, 0) is 13.0 Å². The first-order valence-electron chi connectivity index (χ1n) is 10.7. The number of hydrogen-bond donors (Lipinski definition) is 2. The summed E-state index contributed by atoms with van der Waals surface area (Å²) in [5.74, 6) is 1.28. The SMILES string of the molecule is C=C1c2cn(/C(N)=C/C=C(\N)N3CCCC3)nc2CN1c1cncc(CC)c1.CC. The van der Waals surface area contributed by atoms with Gasteiger partial charge in [0, 0.05) is 36.7 Å². The van der Waals surface area contributed by atoms with E-state index in [1.165, 1.54) is 18.4 Å². The number of fused-ring (bicyclic) bond motifs is 1. The average molecular weight is 408 g/mol. The zero-order valence-electron chi connectivity index (χ0n) is 18.3. The van der Waals surface area contributed by atoms with Crippen LogP contribution in [0, 0.1) is 0 Å². The van der Waals surface area contributed by atoms with Gasteiger partial charge in [-0.15, -0.1) is 0 Å². The molecule has 0 saturated carbocycles. The van der Waals surface area contributed by atoms with E-state index in [4.69, 9.17) is 11.5 Å². The zero-order valence-corrected chi connectivity index (χ0v) is 18.3. The van der Waals surface area contributed by atoms with Gasteiger partial charge in [-0.25, -0.2) is 4.68 Å². The number of pyridine rings is 1. The molecular weight excluding hydrogens is 374 g/mol. The van der Waals surface area contributed by atoms with Crippen molar-refractivity contribution in [3.8, 4) is 0 Å². The Kier molecular flexibility index (Phi) is 6.82. The van der Waals surface area contributed by atoms with E-state index < -0.39 is 0 Å². The normalized spacial score (nSPS) is 16.6. The van der Waals surface area contributed by atoms with Crippen LogP contribution < -0.4 is 16.4 Å². The predicted molar refractivity (Wildman–Crippen MR) is 124 cm³/mol. The van der Waals surface area contributed by atoms with Gasteiger partial charge in [0.25, 0.3) is 0 Å². The van der Waals surface area contributed by atoms with Gasteiger partial charge in [0.15, 0.2) is 0 Å². The van der Waals surface area contributed by atoms with E-state index in [9.17, 15) is 0 Å². The minimum atomic E-state index is 0.533. The number of aromatic nitrogens is 3. The largest absolute Gasteiger partial charge is 0.385 e. The van der Waals surface area contributed by atoms with Crippen LogP contribution in [-0.4, -0.2) is 32.8 Å². The van der Waals surface area contributed by atoms with E-state index in [0.29, 0.717) is 12.4 Å². The summed E-state index contributed by atoms with van der Waals surface area (Å²) >= 11 is 0. The minimum absolute atomic E-state index is 0.533. The molecule has 7 nitrogen and oxygen atoms in total. The molecule has 0 aliphatic carbocycles. The molecule has 0 aromatic carbocycles. The number of aryl methyl sites for hydroxylation is 1. The van der Waals surface area contributed by atoms with Crippen molar-refractivity contribution in [3.05, 3.63) is 66.0 Å². The topological polar surface area (TPSA) is 89.2 Å². The second kappa shape index (κ2) is 9.52. The van der Waals surface area contributed by atoms with Crippen molar-refractivity contribution in [1.82, 2.24) is 19.7 Å². The highest BCUT2D eigenvalue weighted by atomic mass is 15.3. The molecule has 30 heavy (non-hydrogen) atoms. The average Bonchev–Trinajstić information content (AvgIpc) is 3.52. The highest BCUT2D eigenvalue weighted by Gasteiger charge is 2.27. The fraction of sp³-hybridized carbons (Fsp3) is 0.391. The summed E-state index contributed by atoms with van der Waals surface area (Å²) in [6.45, 7) is 13.1. The van der Waals surface area contributed by atoms with Gasteiger partial charge in [-0.1, -0.05) is 27.4 Å². The molecule has 7 heteroatoms. The Labute approximate surface area is 179 Å². The molecule has 4 rings (SSSR count). The first-order chi connectivity index (χ1) is 14.6. The molecule has 0 spiro atoms. The lowest BCUT2D eigenvalue weighted by molar-refractivity contribution is 0.421. The van der Waals surface area contributed by atoms with Crippen molar-refractivity contribution in [2.75, 3.05) is 18.0 Å². The number of nitrogens with zero attached hydrogens (tertiary/aromatic N) is 5. The standard InChI is InChI=1S/C21H27N7.C2H6/c1-3-16-10-17(12-24-11-16)27-14-19-18(15(27)2)13-28(25-19)21(23)7-6-20(22)26-8-4-5-9-26;1-2/h6-7,10-13H,2-5,8-9,14,22-23H2,1H3;1-2H3/b20-6+,21-7+;. The van der Waals surface area contributed by atoms with Gasteiger partial charge in [-0.3, -0.25) is 4.98 Å². The highest BCUT2D eigenvalue weighted by Crippen LogP contribution is 2.35. The molecule has 4 N–H and O–H groups in total. The Balaban J connectivity index is 0.00000124. The maximum atomic E-state index is 6.22. The van der Waals surface area contributed by atoms with Crippen LogP contribution in [0.1, 0.15) is 50.4 Å². The third kappa shape index (κ3) is 4.35. The molecule has 160 valence electrons. The van der Waals surface area contributed by atoms with E-state index in [1.54, 1.807) is 4.68 Å². The maximum Gasteiger partial charge on any atom is 0.124 e. The summed E-state index contributed by atoms with van der Waals surface area (Å²) in [6, 6.07) is 2.15. The minimum Gasteiger partial charge on any atom is -0.385 e. The Morgan fingerprint density at radius 2 is 1.83 bits per heavy atom. The van der Waals surface area contributed by atoms with E-state index in [2.05, 4.69) is 39.5 Å². The second-order valence-corrected chi connectivity index (χ2v) is 7.25. The highest BCUT2D eigenvalue weighted by molar-refractivity contribution is 5.82. The smallest absolute Gasteiger partial charge is 0.124 e. The molecule has 1 fully saturated rings. The number of hydrogen-bond acceptors (Lipinski definition) is 6. The third-order valence-corrected chi connectivity index (χ3v) is 5.40. The summed E-state index contributed by atoms with van der Waals surface area (Å²) in [5.41, 5.74) is 17.5. The Bertz CT molecular complexity index is 948. The molecule has 0 amide bonds. The van der Waals surface area contributed by atoms with Gasteiger partial charge >= 0.3 is 0 Å². The van der Waals surface area contributed by atoms with Crippen LogP contribution in [0.3, 0.4) is 0 Å². The molecule has 4 heterocycles. The molecule has 1 saturated heterocycles.